The molecule has 4 aromatic carbocycles. The number of Topliss-reactive ketones (excluding diaryl/α,β-unsaturated/α-hetero) is 3. The van der Waals surface area contributed by atoms with Crippen LogP contribution in [-0.2, 0) is 30.5 Å². The quantitative estimate of drug-likeness (QED) is 0.183. The van der Waals surface area contributed by atoms with Gasteiger partial charge in [0.1, 0.15) is 5.78 Å². The van der Waals surface area contributed by atoms with Crippen molar-refractivity contribution in [3.05, 3.63) is 143 Å². The zero-order chi connectivity index (χ0) is 39.4. The third kappa shape index (κ3) is 20.7. The molecule has 0 aliphatic heterocycles. The Labute approximate surface area is 319 Å². The number of rotatable bonds is 0. The van der Waals surface area contributed by atoms with E-state index in [0.29, 0.717) is 29.8 Å². The van der Waals surface area contributed by atoms with Gasteiger partial charge < -0.3 is 0 Å². The van der Waals surface area contributed by atoms with Gasteiger partial charge in [-0.25, -0.2) is 0 Å². The first-order valence-corrected chi connectivity index (χ1v) is 20.4. The van der Waals surface area contributed by atoms with E-state index in [1.165, 1.54) is 38.5 Å². The van der Waals surface area contributed by atoms with Crippen molar-refractivity contribution in [2.45, 2.75) is 146 Å². The van der Waals surface area contributed by atoms with Crippen LogP contribution in [0.3, 0.4) is 0 Å². The molecule has 1 saturated carbocycles. The van der Waals surface area contributed by atoms with Crippen molar-refractivity contribution >= 4 is 17.3 Å². The van der Waals surface area contributed by atoms with Crippen molar-refractivity contribution in [1.82, 2.24) is 0 Å². The minimum Gasteiger partial charge on any atom is -0.300 e. The highest BCUT2D eigenvalue weighted by Gasteiger charge is 2.22. The summed E-state index contributed by atoms with van der Waals surface area (Å²) in [6.45, 7) is 20.0. The Hall–Kier alpha value is -4.11. The van der Waals surface area contributed by atoms with Gasteiger partial charge in [-0.15, -0.1) is 0 Å². The van der Waals surface area contributed by atoms with Crippen LogP contribution >= 0.6 is 0 Å². The molecule has 0 heterocycles. The number of hydrogen-bond acceptors (Lipinski definition) is 3. The van der Waals surface area contributed by atoms with Gasteiger partial charge in [0.2, 0.25) is 0 Å². The lowest BCUT2D eigenvalue weighted by atomic mass is 9.90. The van der Waals surface area contributed by atoms with E-state index in [1.807, 2.05) is 106 Å². The molecular weight excluding hydrogens is 637 g/mol. The Morgan fingerprint density at radius 3 is 0.769 bits per heavy atom. The van der Waals surface area contributed by atoms with Crippen LogP contribution in [0, 0.1) is 0 Å². The summed E-state index contributed by atoms with van der Waals surface area (Å²) in [7, 11) is 0. The normalized spacial score (nSPS) is 13.2. The van der Waals surface area contributed by atoms with Gasteiger partial charge in [0.25, 0.3) is 0 Å². The van der Waals surface area contributed by atoms with Crippen molar-refractivity contribution in [2.24, 2.45) is 0 Å². The fourth-order valence-electron chi connectivity index (χ4n) is 5.65. The monoisotopic (exact) mass is 709 g/mol. The Balaban J connectivity index is 0. The maximum Gasteiger partial charge on any atom is 0.164 e. The second kappa shape index (κ2) is 35.3. The minimum atomic E-state index is 0.0881. The van der Waals surface area contributed by atoms with E-state index in [-0.39, 0.29) is 11.6 Å². The lowest BCUT2D eigenvalue weighted by Crippen LogP contribution is -2.16. The third-order valence-corrected chi connectivity index (χ3v) is 7.96. The van der Waals surface area contributed by atoms with E-state index >= 15 is 0 Å². The van der Waals surface area contributed by atoms with Gasteiger partial charge in [0.15, 0.2) is 11.6 Å². The maximum absolute atomic E-state index is 11.3. The molecule has 0 N–H and O–H groups in total. The summed E-state index contributed by atoms with van der Waals surface area (Å²) >= 11 is 0. The molecule has 0 bridgehead atoms. The highest BCUT2D eigenvalue weighted by atomic mass is 16.1. The van der Waals surface area contributed by atoms with Crippen LogP contribution in [-0.4, -0.2) is 17.3 Å². The molecule has 0 amide bonds. The first-order chi connectivity index (χ1) is 25.6. The van der Waals surface area contributed by atoms with Crippen molar-refractivity contribution < 1.29 is 14.4 Å². The minimum absolute atomic E-state index is 0.0881. The second-order valence-electron chi connectivity index (χ2n) is 11.0. The Kier molecular flexibility index (Phi) is 33.9. The van der Waals surface area contributed by atoms with Crippen LogP contribution < -0.4 is 0 Å². The summed E-state index contributed by atoms with van der Waals surface area (Å²) < 4.78 is 0. The van der Waals surface area contributed by atoms with Gasteiger partial charge in [-0.3, -0.25) is 14.4 Å². The summed E-state index contributed by atoms with van der Waals surface area (Å²) in [6.07, 6.45) is 12.6. The van der Waals surface area contributed by atoms with Gasteiger partial charge >= 0.3 is 0 Å². The van der Waals surface area contributed by atoms with E-state index in [2.05, 4.69) is 48.5 Å². The largest absolute Gasteiger partial charge is 0.300 e. The molecule has 4 aromatic rings. The van der Waals surface area contributed by atoms with Crippen LogP contribution in [0.2, 0.25) is 0 Å². The Bertz CT molecular complexity index is 1270. The fourth-order valence-corrected chi connectivity index (χ4v) is 5.65. The molecule has 1 fully saturated rings. The standard InChI is InChI=1S/C10H8O2.2C9H10.C6H6.C5H8O.5C2H6/c11-9-5-6-10(12)8-4-2-1-3-7(8)9;2*1-2-5-9-7-3-6-8(9)4-1;1-2-4-6-5-3-1;6-5-3-1-2-4-5;5*1-2/h1-4H,5-6H2;2*1-2,4-5H,3,6-7H2;1-6H;1-4H2;5*1-2H3. The molecular formula is C49H72O3. The third-order valence-electron chi connectivity index (χ3n) is 7.96. The highest BCUT2D eigenvalue weighted by Crippen LogP contribution is 2.22. The van der Waals surface area contributed by atoms with E-state index in [9.17, 15) is 14.4 Å². The summed E-state index contributed by atoms with van der Waals surface area (Å²) in [5.74, 6) is 0.630. The predicted octanol–water partition coefficient (Wildman–Crippen LogP) is 14.1. The van der Waals surface area contributed by atoms with E-state index < -0.39 is 0 Å². The van der Waals surface area contributed by atoms with Crippen LogP contribution in [0.25, 0.3) is 0 Å². The predicted molar refractivity (Wildman–Crippen MR) is 228 cm³/mol. The average Bonchev–Trinajstić information content (AvgIpc) is 4.05. The summed E-state index contributed by atoms with van der Waals surface area (Å²) in [4.78, 5) is 32.8. The van der Waals surface area contributed by atoms with Gasteiger partial charge in [-0.2, -0.15) is 0 Å². The lowest BCUT2D eigenvalue weighted by molar-refractivity contribution is -0.117. The maximum atomic E-state index is 11.3. The molecule has 0 spiro atoms. The molecule has 0 unspecified atom stereocenters. The number of ketones is 3. The zero-order valence-electron chi connectivity index (χ0n) is 34.6. The van der Waals surface area contributed by atoms with E-state index in [0.717, 1.165) is 25.7 Å². The summed E-state index contributed by atoms with van der Waals surface area (Å²) in [5, 5.41) is 0. The molecule has 0 aromatic heterocycles. The molecule has 3 nitrogen and oxygen atoms in total. The molecule has 0 atom stereocenters. The first kappa shape index (κ1) is 50.0. The molecule has 52 heavy (non-hydrogen) atoms. The average molecular weight is 709 g/mol. The van der Waals surface area contributed by atoms with E-state index in [4.69, 9.17) is 0 Å². The van der Waals surface area contributed by atoms with Gasteiger partial charge in [-0.1, -0.05) is 178 Å². The molecule has 3 heteroatoms. The number of carbonyl (C=O) groups is 3. The first-order valence-electron chi connectivity index (χ1n) is 20.4. The summed E-state index contributed by atoms with van der Waals surface area (Å²) in [5.41, 5.74) is 7.45. The number of carbonyl (C=O) groups excluding carboxylic acids is 3. The SMILES string of the molecule is CC.CC.CC.CC.CC.O=C1CCC(=O)c2ccccc21.O=C1CCCC1.c1ccc2c(c1)CCC2.c1ccc2c(c1)CCC2.c1ccccc1. The number of hydrogen-bond donors (Lipinski definition) is 0. The Morgan fingerprint density at radius 1 is 0.288 bits per heavy atom. The van der Waals surface area contributed by atoms with Crippen molar-refractivity contribution in [3.8, 4) is 0 Å². The molecule has 0 saturated heterocycles. The Morgan fingerprint density at radius 2 is 0.538 bits per heavy atom. The van der Waals surface area contributed by atoms with Crippen molar-refractivity contribution in [3.63, 3.8) is 0 Å². The van der Waals surface area contributed by atoms with Crippen LogP contribution in [0.5, 0.6) is 0 Å². The molecule has 0 radical (unpaired) electrons. The lowest BCUT2D eigenvalue weighted by Gasteiger charge is -2.11. The molecule has 4 aliphatic rings. The van der Waals surface area contributed by atoms with Crippen LogP contribution in [0.15, 0.2) is 109 Å². The topological polar surface area (TPSA) is 51.2 Å². The zero-order valence-corrected chi connectivity index (χ0v) is 34.6. The van der Waals surface area contributed by atoms with Crippen molar-refractivity contribution in [1.29, 1.82) is 0 Å². The number of benzene rings is 4. The van der Waals surface area contributed by atoms with E-state index in [1.54, 1.807) is 46.5 Å². The summed E-state index contributed by atoms with van der Waals surface area (Å²) in [6, 6.07) is 36.5. The fraction of sp³-hybridized carbons (Fsp3) is 0.449. The second-order valence-corrected chi connectivity index (χ2v) is 11.0. The highest BCUT2D eigenvalue weighted by molar-refractivity contribution is 6.13. The number of fused-ring (bicyclic) bond motifs is 3. The molecule has 8 rings (SSSR count). The van der Waals surface area contributed by atoms with Crippen LogP contribution in [0.1, 0.15) is 164 Å². The molecule has 286 valence electrons. The molecule has 4 aliphatic carbocycles. The number of aryl methyl sites for hydroxylation is 4. The smallest absolute Gasteiger partial charge is 0.164 e. The van der Waals surface area contributed by atoms with Gasteiger partial charge in [0, 0.05) is 36.8 Å². The van der Waals surface area contributed by atoms with Crippen molar-refractivity contribution in [2.75, 3.05) is 0 Å². The van der Waals surface area contributed by atoms with Crippen LogP contribution in [0.4, 0.5) is 0 Å². The van der Waals surface area contributed by atoms with Gasteiger partial charge in [0.05, 0.1) is 0 Å². The van der Waals surface area contributed by atoms with Gasteiger partial charge in [-0.05, 0) is 73.6 Å².